The van der Waals surface area contributed by atoms with Crippen LogP contribution in [-0.2, 0) is 32.7 Å². The maximum absolute atomic E-state index is 12.5. The molecule has 1 N–H and O–H groups in total. The minimum atomic E-state index is -3.63. The van der Waals surface area contributed by atoms with Crippen LogP contribution in [0.5, 0.6) is 0 Å². The van der Waals surface area contributed by atoms with Crippen LogP contribution in [0, 0.1) is 6.92 Å². The van der Waals surface area contributed by atoms with Crippen LogP contribution in [0.2, 0.25) is 0 Å². The van der Waals surface area contributed by atoms with Crippen molar-refractivity contribution < 1.29 is 18.0 Å². The summed E-state index contributed by atoms with van der Waals surface area (Å²) in [4.78, 5) is 26.2. The highest BCUT2D eigenvalue weighted by Gasteiger charge is 2.22. The van der Waals surface area contributed by atoms with Gasteiger partial charge in [0.25, 0.3) is 0 Å². The van der Waals surface area contributed by atoms with Gasteiger partial charge in [-0.1, -0.05) is 40.2 Å². The fraction of sp³-hybridized carbons (Fsp3) is 0.364. The molecule has 2 aromatic rings. The van der Waals surface area contributed by atoms with Crippen molar-refractivity contribution in [2.24, 2.45) is 0 Å². The molecule has 1 fully saturated rings. The summed E-state index contributed by atoms with van der Waals surface area (Å²) in [5, 5.41) is 2.79. The Kier molecular flexibility index (Phi) is 7.38. The van der Waals surface area contributed by atoms with E-state index < -0.39 is 15.9 Å². The van der Waals surface area contributed by atoms with E-state index in [0.29, 0.717) is 18.7 Å². The van der Waals surface area contributed by atoms with Gasteiger partial charge in [0.05, 0.1) is 11.9 Å². The van der Waals surface area contributed by atoms with E-state index in [-0.39, 0.29) is 19.0 Å². The Bertz CT molecular complexity index is 1090. The molecule has 0 saturated carbocycles. The molecule has 3 rings (SSSR count). The molecule has 0 aliphatic carbocycles. The molecule has 0 bridgehead atoms. The summed E-state index contributed by atoms with van der Waals surface area (Å²) in [5.74, 6) is -0.228. The maximum Gasteiger partial charge on any atom is 0.241 e. The van der Waals surface area contributed by atoms with Crippen molar-refractivity contribution in [3.8, 4) is 0 Å². The number of hydrogen-bond donors (Lipinski definition) is 1. The molecule has 1 aliphatic rings. The Balaban J connectivity index is 1.63. The highest BCUT2D eigenvalue weighted by Crippen LogP contribution is 2.24. The normalized spacial score (nSPS) is 14.0. The zero-order valence-electron chi connectivity index (χ0n) is 17.6. The average Bonchev–Trinajstić information content (AvgIpc) is 3.11. The summed E-state index contributed by atoms with van der Waals surface area (Å²) in [6.45, 7) is 3.17. The Morgan fingerprint density at radius 2 is 1.94 bits per heavy atom. The van der Waals surface area contributed by atoms with Gasteiger partial charge in [-0.2, -0.15) is 0 Å². The van der Waals surface area contributed by atoms with Crippen LogP contribution >= 0.6 is 15.9 Å². The summed E-state index contributed by atoms with van der Waals surface area (Å²) in [7, 11) is -3.63. The number of sulfonamides is 1. The van der Waals surface area contributed by atoms with Crippen molar-refractivity contribution in [2.75, 3.05) is 23.7 Å². The molecule has 9 heteroatoms. The van der Waals surface area contributed by atoms with E-state index in [1.165, 1.54) is 0 Å². The first-order valence-electron chi connectivity index (χ1n) is 9.99. The highest BCUT2D eigenvalue weighted by molar-refractivity contribution is 9.10. The van der Waals surface area contributed by atoms with Crippen LogP contribution in [0.1, 0.15) is 29.5 Å². The third-order valence-corrected chi connectivity index (χ3v) is 7.17. The van der Waals surface area contributed by atoms with Gasteiger partial charge in [-0.15, -0.1) is 0 Å². The van der Waals surface area contributed by atoms with Gasteiger partial charge in [-0.05, 0) is 48.2 Å². The van der Waals surface area contributed by atoms with Gasteiger partial charge in [-0.3, -0.25) is 13.9 Å². The van der Waals surface area contributed by atoms with Crippen molar-refractivity contribution in [3.63, 3.8) is 0 Å². The number of halogens is 1. The Labute approximate surface area is 191 Å². The SMILES string of the molecule is Cc1cc(N(CC(=O)NCc2cccc(CN3CCCC3=O)c2)S(C)(=O)=O)ccc1Br. The lowest BCUT2D eigenvalue weighted by Crippen LogP contribution is -2.40. The number of amides is 2. The standard InChI is InChI=1S/C22H26BrN3O4S/c1-16-11-19(8-9-20(16)23)26(31(2,29)30)15-21(27)24-13-17-5-3-6-18(12-17)14-25-10-4-7-22(25)28/h3,5-6,8-9,11-12H,4,7,10,13-15H2,1-2H3,(H,24,27). The zero-order chi connectivity index (χ0) is 22.6. The van der Waals surface area contributed by atoms with E-state index in [9.17, 15) is 18.0 Å². The van der Waals surface area contributed by atoms with E-state index in [0.717, 1.165) is 44.7 Å². The maximum atomic E-state index is 12.5. The predicted octanol–water partition coefficient (Wildman–Crippen LogP) is 2.96. The van der Waals surface area contributed by atoms with Gasteiger partial charge in [0.1, 0.15) is 6.54 Å². The fourth-order valence-electron chi connectivity index (χ4n) is 3.50. The number of carbonyl (C=O) groups excluding carboxylic acids is 2. The first-order chi connectivity index (χ1) is 14.6. The molecule has 31 heavy (non-hydrogen) atoms. The van der Waals surface area contributed by atoms with Crippen LogP contribution < -0.4 is 9.62 Å². The average molecular weight is 508 g/mol. The first kappa shape index (κ1) is 23.3. The number of benzene rings is 2. The van der Waals surface area contributed by atoms with Crippen molar-refractivity contribution in [3.05, 3.63) is 63.6 Å². The van der Waals surface area contributed by atoms with Crippen LogP contribution in [0.15, 0.2) is 46.9 Å². The second kappa shape index (κ2) is 9.82. The van der Waals surface area contributed by atoms with Crippen LogP contribution in [-0.4, -0.2) is 44.5 Å². The molecule has 7 nitrogen and oxygen atoms in total. The van der Waals surface area contributed by atoms with Crippen molar-refractivity contribution >= 4 is 43.5 Å². The summed E-state index contributed by atoms with van der Waals surface area (Å²) >= 11 is 3.40. The van der Waals surface area contributed by atoms with Crippen molar-refractivity contribution in [1.29, 1.82) is 0 Å². The number of nitrogens with zero attached hydrogens (tertiary/aromatic N) is 2. The van der Waals surface area contributed by atoms with Gasteiger partial charge in [0.2, 0.25) is 21.8 Å². The quantitative estimate of drug-likeness (QED) is 0.594. The molecular weight excluding hydrogens is 482 g/mol. The van der Waals surface area contributed by atoms with Crippen molar-refractivity contribution in [1.82, 2.24) is 10.2 Å². The van der Waals surface area contributed by atoms with Crippen LogP contribution in [0.25, 0.3) is 0 Å². The first-order valence-corrected chi connectivity index (χ1v) is 12.6. The molecule has 2 aromatic carbocycles. The minimum Gasteiger partial charge on any atom is -0.350 e. The van der Waals surface area contributed by atoms with E-state index in [2.05, 4.69) is 21.2 Å². The van der Waals surface area contributed by atoms with E-state index in [4.69, 9.17) is 0 Å². The zero-order valence-corrected chi connectivity index (χ0v) is 20.0. The largest absolute Gasteiger partial charge is 0.350 e. The summed E-state index contributed by atoms with van der Waals surface area (Å²) in [5.41, 5.74) is 3.21. The molecule has 1 aliphatic heterocycles. The summed E-state index contributed by atoms with van der Waals surface area (Å²) in [6.07, 6.45) is 2.58. The molecule has 0 unspecified atom stereocenters. The molecule has 0 spiro atoms. The Hall–Kier alpha value is -2.39. The lowest BCUT2D eigenvalue weighted by molar-refractivity contribution is -0.128. The van der Waals surface area contributed by atoms with E-state index >= 15 is 0 Å². The van der Waals surface area contributed by atoms with Gasteiger partial charge in [0, 0.05) is 30.5 Å². The second-order valence-electron chi connectivity index (χ2n) is 7.72. The molecule has 0 radical (unpaired) electrons. The van der Waals surface area contributed by atoms with Crippen LogP contribution in [0.3, 0.4) is 0 Å². The van der Waals surface area contributed by atoms with E-state index in [1.54, 1.807) is 18.2 Å². The predicted molar refractivity (Wildman–Crippen MR) is 124 cm³/mol. The van der Waals surface area contributed by atoms with Gasteiger partial charge < -0.3 is 10.2 Å². The summed E-state index contributed by atoms with van der Waals surface area (Å²) < 4.78 is 26.5. The lowest BCUT2D eigenvalue weighted by atomic mass is 10.1. The lowest BCUT2D eigenvalue weighted by Gasteiger charge is -2.22. The third-order valence-electron chi connectivity index (χ3n) is 5.14. The number of likely N-dealkylation sites (tertiary alicyclic amines) is 1. The van der Waals surface area contributed by atoms with Crippen LogP contribution in [0.4, 0.5) is 5.69 Å². The monoisotopic (exact) mass is 507 g/mol. The number of carbonyl (C=O) groups is 2. The van der Waals surface area contributed by atoms with E-state index in [1.807, 2.05) is 36.1 Å². The summed E-state index contributed by atoms with van der Waals surface area (Å²) in [6, 6.07) is 12.8. The smallest absolute Gasteiger partial charge is 0.241 e. The Morgan fingerprint density at radius 3 is 2.58 bits per heavy atom. The van der Waals surface area contributed by atoms with Gasteiger partial charge in [0.15, 0.2) is 0 Å². The number of rotatable bonds is 8. The molecule has 166 valence electrons. The minimum absolute atomic E-state index is 0.169. The molecular formula is C22H26BrN3O4S. The number of hydrogen-bond acceptors (Lipinski definition) is 4. The number of nitrogens with one attached hydrogen (secondary N) is 1. The topological polar surface area (TPSA) is 86.8 Å². The molecule has 1 heterocycles. The fourth-order valence-corrected chi connectivity index (χ4v) is 4.60. The highest BCUT2D eigenvalue weighted by atomic mass is 79.9. The number of aryl methyl sites for hydroxylation is 1. The number of anilines is 1. The van der Waals surface area contributed by atoms with Gasteiger partial charge >= 0.3 is 0 Å². The molecule has 1 saturated heterocycles. The van der Waals surface area contributed by atoms with Gasteiger partial charge in [-0.25, -0.2) is 8.42 Å². The molecule has 0 atom stereocenters. The molecule has 2 amide bonds. The third kappa shape index (κ3) is 6.30. The molecule has 0 aromatic heterocycles. The Morgan fingerprint density at radius 1 is 1.19 bits per heavy atom. The second-order valence-corrected chi connectivity index (χ2v) is 10.5. The van der Waals surface area contributed by atoms with Crippen molar-refractivity contribution in [2.45, 2.75) is 32.9 Å².